The van der Waals surface area contributed by atoms with E-state index in [9.17, 15) is 15.0 Å². The molecule has 0 aromatic carbocycles. The minimum Gasteiger partial charge on any atom is -0.393 e. The van der Waals surface area contributed by atoms with E-state index in [2.05, 4.69) is 19.9 Å². The Kier molecular flexibility index (Phi) is 3.78. The van der Waals surface area contributed by atoms with Crippen molar-refractivity contribution in [3.05, 3.63) is 11.6 Å². The lowest BCUT2D eigenvalue weighted by atomic mass is 9.46. The molecule has 0 aliphatic heterocycles. The van der Waals surface area contributed by atoms with Gasteiger partial charge in [0.05, 0.1) is 12.2 Å². The summed E-state index contributed by atoms with van der Waals surface area (Å²) in [5, 5.41) is 21.1. The topological polar surface area (TPSA) is 57.5 Å². The van der Waals surface area contributed by atoms with Gasteiger partial charge < -0.3 is 10.2 Å². The Morgan fingerprint density at radius 1 is 1.08 bits per heavy atom. The van der Waals surface area contributed by atoms with E-state index in [1.54, 1.807) is 6.92 Å². The Labute approximate surface area is 145 Å². The lowest BCUT2D eigenvalue weighted by Crippen LogP contribution is -2.55. The SMILES string of the molecule is CC(=O)[C@H]1CC[C@H]2[C@@H]3C(O)C=C4CC(O)CC[C@]4(C)[C@H]3CC[C@]12C. The number of carbonyl (C=O) groups excluding carboxylic acids is 1. The molecule has 0 saturated heterocycles. The highest BCUT2D eigenvalue weighted by Gasteiger charge is 2.61. The van der Waals surface area contributed by atoms with Gasteiger partial charge in [0, 0.05) is 5.92 Å². The third-order valence-electron chi connectivity index (χ3n) is 8.59. The molecule has 8 atom stereocenters. The van der Waals surface area contributed by atoms with Crippen molar-refractivity contribution >= 4 is 5.78 Å². The van der Waals surface area contributed by atoms with E-state index in [0.717, 1.165) is 44.9 Å². The number of hydrogen-bond acceptors (Lipinski definition) is 3. The molecule has 2 unspecified atom stereocenters. The minimum atomic E-state index is -0.404. The summed E-state index contributed by atoms with van der Waals surface area (Å²) in [5.41, 5.74) is 1.50. The standard InChI is InChI=1S/C21H32O3/c1-12(22)15-4-5-16-19-17(7-9-21(15,16)3)20(2)8-6-14(23)10-13(20)11-18(19)24/h11,14-19,23-24H,4-10H2,1-3H3/t14?,15-,16+,17+,18?,19+,20+,21-/m1/s1. The third kappa shape index (κ3) is 2.13. The van der Waals surface area contributed by atoms with Gasteiger partial charge in [0.25, 0.3) is 0 Å². The summed E-state index contributed by atoms with van der Waals surface area (Å²) in [4.78, 5) is 12.2. The molecule has 3 saturated carbocycles. The largest absolute Gasteiger partial charge is 0.393 e. The molecule has 2 N–H and O–H groups in total. The van der Waals surface area contributed by atoms with E-state index in [4.69, 9.17) is 0 Å². The van der Waals surface area contributed by atoms with Gasteiger partial charge in [0.1, 0.15) is 5.78 Å². The number of aliphatic hydroxyl groups is 2. The van der Waals surface area contributed by atoms with E-state index in [0.29, 0.717) is 17.6 Å². The smallest absolute Gasteiger partial charge is 0.133 e. The van der Waals surface area contributed by atoms with Crippen molar-refractivity contribution in [1.29, 1.82) is 0 Å². The van der Waals surface area contributed by atoms with Crippen molar-refractivity contribution in [3.63, 3.8) is 0 Å². The summed E-state index contributed by atoms with van der Waals surface area (Å²) in [6.45, 7) is 6.43. The molecule has 3 heteroatoms. The number of Topliss-reactive ketones (excluding diaryl/α,β-unsaturated/α-hetero) is 1. The van der Waals surface area contributed by atoms with Crippen LogP contribution in [0, 0.1) is 34.5 Å². The Morgan fingerprint density at radius 2 is 1.83 bits per heavy atom. The van der Waals surface area contributed by atoms with Gasteiger partial charge in [-0.1, -0.05) is 25.5 Å². The number of fused-ring (bicyclic) bond motifs is 5. The van der Waals surface area contributed by atoms with Crippen molar-refractivity contribution in [2.24, 2.45) is 34.5 Å². The van der Waals surface area contributed by atoms with E-state index in [-0.39, 0.29) is 28.8 Å². The van der Waals surface area contributed by atoms with Crippen molar-refractivity contribution in [2.75, 3.05) is 0 Å². The fourth-order valence-electron chi connectivity index (χ4n) is 7.30. The number of ketones is 1. The molecular weight excluding hydrogens is 300 g/mol. The second-order valence-electron chi connectivity index (χ2n) is 9.57. The van der Waals surface area contributed by atoms with Crippen LogP contribution < -0.4 is 0 Å². The Hall–Kier alpha value is -0.670. The highest BCUT2D eigenvalue weighted by atomic mass is 16.3. The molecular formula is C21H32O3. The van der Waals surface area contributed by atoms with Crippen LogP contribution in [0.2, 0.25) is 0 Å². The van der Waals surface area contributed by atoms with Crippen LogP contribution in [0.4, 0.5) is 0 Å². The highest BCUT2D eigenvalue weighted by molar-refractivity contribution is 5.79. The van der Waals surface area contributed by atoms with Gasteiger partial charge in [0.2, 0.25) is 0 Å². The van der Waals surface area contributed by atoms with E-state index in [1.807, 2.05) is 0 Å². The molecule has 0 aromatic heterocycles. The first kappa shape index (κ1) is 16.8. The zero-order valence-electron chi connectivity index (χ0n) is 15.3. The van der Waals surface area contributed by atoms with Crippen LogP contribution in [0.3, 0.4) is 0 Å². The Balaban J connectivity index is 1.71. The average Bonchev–Trinajstić information content (AvgIpc) is 2.86. The maximum absolute atomic E-state index is 12.2. The van der Waals surface area contributed by atoms with Crippen LogP contribution in [0.15, 0.2) is 11.6 Å². The quantitative estimate of drug-likeness (QED) is 0.723. The van der Waals surface area contributed by atoms with Gasteiger partial charge in [-0.25, -0.2) is 0 Å². The first-order valence-corrected chi connectivity index (χ1v) is 9.85. The van der Waals surface area contributed by atoms with Gasteiger partial charge in [-0.2, -0.15) is 0 Å². The number of aliphatic hydroxyl groups excluding tert-OH is 2. The summed E-state index contributed by atoms with van der Waals surface area (Å²) < 4.78 is 0. The van der Waals surface area contributed by atoms with Crippen LogP contribution in [-0.2, 0) is 4.79 Å². The average molecular weight is 332 g/mol. The maximum Gasteiger partial charge on any atom is 0.133 e. The molecule has 0 bridgehead atoms. The van der Waals surface area contributed by atoms with Crippen LogP contribution in [-0.4, -0.2) is 28.2 Å². The molecule has 0 amide bonds. The molecule has 3 nitrogen and oxygen atoms in total. The van der Waals surface area contributed by atoms with E-state index >= 15 is 0 Å². The predicted molar refractivity (Wildman–Crippen MR) is 93.3 cm³/mol. The second kappa shape index (κ2) is 5.41. The van der Waals surface area contributed by atoms with Crippen molar-refractivity contribution in [1.82, 2.24) is 0 Å². The predicted octanol–water partition coefficient (Wildman–Crippen LogP) is 3.49. The minimum absolute atomic E-state index is 0.0733. The molecule has 4 rings (SSSR count). The zero-order chi connectivity index (χ0) is 17.3. The van der Waals surface area contributed by atoms with Crippen LogP contribution in [0.1, 0.15) is 65.7 Å². The summed E-state index contributed by atoms with van der Waals surface area (Å²) in [6.07, 6.45) is 8.39. The maximum atomic E-state index is 12.2. The second-order valence-corrected chi connectivity index (χ2v) is 9.57. The monoisotopic (exact) mass is 332 g/mol. The Bertz CT molecular complexity index is 582. The molecule has 4 aliphatic carbocycles. The lowest BCUT2D eigenvalue weighted by molar-refractivity contribution is -0.130. The fourth-order valence-corrected chi connectivity index (χ4v) is 7.30. The summed E-state index contributed by atoms with van der Waals surface area (Å²) in [5.74, 6) is 1.77. The van der Waals surface area contributed by atoms with Crippen LogP contribution in [0.25, 0.3) is 0 Å². The third-order valence-corrected chi connectivity index (χ3v) is 8.59. The summed E-state index contributed by atoms with van der Waals surface area (Å²) in [6, 6.07) is 0. The molecule has 134 valence electrons. The number of rotatable bonds is 1. The van der Waals surface area contributed by atoms with Gasteiger partial charge in [-0.3, -0.25) is 4.79 Å². The molecule has 4 aliphatic rings. The Morgan fingerprint density at radius 3 is 2.54 bits per heavy atom. The van der Waals surface area contributed by atoms with Crippen molar-refractivity contribution in [2.45, 2.75) is 77.9 Å². The van der Waals surface area contributed by atoms with Gasteiger partial charge in [-0.05, 0) is 80.5 Å². The van der Waals surface area contributed by atoms with Crippen LogP contribution >= 0.6 is 0 Å². The number of hydrogen-bond donors (Lipinski definition) is 2. The van der Waals surface area contributed by atoms with Gasteiger partial charge in [0.15, 0.2) is 0 Å². The summed E-state index contributed by atoms with van der Waals surface area (Å²) >= 11 is 0. The molecule has 0 radical (unpaired) electrons. The van der Waals surface area contributed by atoms with Gasteiger partial charge >= 0.3 is 0 Å². The first-order chi connectivity index (χ1) is 11.3. The van der Waals surface area contributed by atoms with E-state index < -0.39 is 6.10 Å². The number of carbonyl (C=O) groups is 1. The summed E-state index contributed by atoms with van der Waals surface area (Å²) in [7, 11) is 0. The van der Waals surface area contributed by atoms with E-state index in [1.165, 1.54) is 5.57 Å². The lowest BCUT2D eigenvalue weighted by Gasteiger charge is -2.59. The molecule has 0 heterocycles. The molecule has 24 heavy (non-hydrogen) atoms. The van der Waals surface area contributed by atoms with Crippen molar-refractivity contribution in [3.8, 4) is 0 Å². The molecule has 0 spiro atoms. The molecule has 0 aromatic rings. The molecule has 3 fully saturated rings. The van der Waals surface area contributed by atoms with Crippen molar-refractivity contribution < 1.29 is 15.0 Å². The van der Waals surface area contributed by atoms with Crippen LogP contribution in [0.5, 0.6) is 0 Å². The zero-order valence-corrected chi connectivity index (χ0v) is 15.3. The highest BCUT2D eigenvalue weighted by Crippen LogP contribution is 2.66. The fraction of sp³-hybridized carbons (Fsp3) is 0.857. The normalized spacial score (nSPS) is 53.6. The first-order valence-electron chi connectivity index (χ1n) is 9.85. The van der Waals surface area contributed by atoms with Gasteiger partial charge in [-0.15, -0.1) is 0 Å².